The minimum atomic E-state index is -3.16. The van der Waals surface area contributed by atoms with E-state index in [9.17, 15) is 18.0 Å². The molecule has 1 aromatic rings. The first kappa shape index (κ1) is 16.0. The molecule has 8 heteroatoms. The van der Waals surface area contributed by atoms with E-state index in [1.54, 1.807) is 0 Å². The summed E-state index contributed by atoms with van der Waals surface area (Å²) in [5, 5.41) is 2.52. The summed E-state index contributed by atoms with van der Waals surface area (Å²) in [7, 11) is -3.16. The molecule has 114 valence electrons. The number of rotatable bonds is 5. The van der Waals surface area contributed by atoms with E-state index in [2.05, 4.69) is 21.2 Å². The monoisotopic (exact) mass is 374 g/mol. The number of hydrogen-bond donors (Lipinski definition) is 1. The Bertz CT molecular complexity index is 657. The lowest BCUT2D eigenvalue weighted by Crippen LogP contribution is -2.32. The van der Waals surface area contributed by atoms with Crippen LogP contribution in [0.1, 0.15) is 12.0 Å². The van der Waals surface area contributed by atoms with Gasteiger partial charge >= 0.3 is 6.03 Å². The van der Waals surface area contributed by atoms with Gasteiger partial charge in [0, 0.05) is 10.7 Å². The molecule has 0 unspecified atom stereocenters. The lowest BCUT2D eigenvalue weighted by atomic mass is 10.2. The lowest BCUT2D eigenvalue weighted by molar-refractivity contribution is -0.127. The van der Waals surface area contributed by atoms with Gasteiger partial charge in [-0.25, -0.2) is 13.2 Å². The lowest BCUT2D eigenvalue weighted by Gasteiger charge is -2.13. The fourth-order valence-electron chi connectivity index (χ4n) is 2.03. The molecule has 3 amide bonds. The van der Waals surface area contributed by atoms with Crippen molar-refractivity contribution in [3.8, 4) is 0 Å². The molecule has 0 saturated carbocycles. The third kappa shape index (κ3) is 4.28. The van der Waals surface area contributed by atoms with Crippen LogP contribution in [0.25, 0.3) is 0 Å². The van der Waals surface area contributed by atoms with E-state index in [0.29, 0.717) is 0 Å². The molecule has 0 radical (unpaired) electrons. The molecule has 0 aromatic heterocycles. The molecule has 1 fully saturated rings. The normalized spacial score (nSPS) is 19.0. The molecule has 1 saturated heterocycles. The summed E-state index contributed by atoms with van der Waals surface area (Å²) in [6.07, 6.45) is 1.20. The molecule has 0 bridgehead atoms. The molecule has 1 aliphatic heterocycles. The first-order chi connectivity index (χ1) is 9.76. The zero-order valence-corrected chi connectivity index (χ0v) is 13.8. The number of carbonyl (C=O) groups is 2. The molecule has 1 N–H and O–H groups in total. The van der Waals surface area contributed by atoms with Gasteiger partial charge in [-0.05, 0) is 24.1 Å². The van der Waals surface area contributed by atoms with Crippen molar-refractivity contribution < 1.29 is 18.0 Å². The summed E-state index contributed by atoms with van der Waals surface area (Å²) in [6, 6.07) is 6.04. The highest BCUT2D eigenvalue weighted by Gasteiger charge is 2.37. The number of carbonyl (C=O) groups excluding carboxylic acids is 2. The van der Waals surface area contributed by atoms with Gasteiger partial charge < -0.3 is 5.32 Å². The SMILES string of the molecule is CS(=O)(=O)CC[C@H]1NC(=O)N(Cc2ccc(Br)cc2)C1=O. The Balaban J connectivity index is 2.03. The summed E-state index contributed by atoms with van der Waals surface area (Å²) in [5.74, 6) is -0.512. The number of amides is 3. The number of halogens is 1. The van der Waals surface area contributed by atoms with Crippen molar-refractivity contribution >= 4 is 37.7 Å². The molecule has 1 aliphatic rings. The van der Waals surface area contributed by atoms with Gasteiger partial charge in [0.15, 0.2) is 0 Å². The van der Waals surface area contributed by atoms with E-state index in [-0.39, 0.29) is 24.6 Å². The van der Waals surface area contributed by atoms with Crippen molar-refractivity contribution in [3.05, 3.63) is 34.3 Å². The molecule has 1 heterocycles. The largest absolute Gasteiger partial charge is 0.326 e. The summed E-state index contributed by atoms with van der Waals surface area (Å²) in [4.78, 5) is 25.1. The van der Waals surface area contributed by atoms with Crippen LogP contribution in [0.4, 0.5) is 4.79 Å². The Morgan fingerprint density at radius 3 is 2.43 bits per heavy atom. The zero-order valence-electron chi connectivity index (χ0n) is 11.4. The highest BCUT2D eigenvalue weighted by atomic mass is 79.9. The van der Waals surface area contributed by atoms with E-state index in [4.69, 9.17) is 0 Å². The highest BCUT2D eigenvalue weighted by molar-refractivity contribution is 9.10. The van der Waals surface area contributed by atoms with E-state index in [1.165, 1.54) is 0 Å². The quantitative estimate of drug-likeness (QED) is 0.787. The topological polar surface area (TPSA) is 83.6 Å². The summed E-state index contributed by atoms with van der Waals surface area (Å²) < 4.78 is 23.2. The van der Waals surface area contributed by atoms with Crippen molar-refractivity contribution in [1.29, 1.82) is 0 Å². The molecule has 6 nitrogen and oxygen atoms in total. The van der Waals surface area contributed by atoms with E-state index >= 15 is 0 Å². The molecule has 0 aliphatic carbocycles. The van der Waals surface area contributed by atoms with Crippen molar-refractivity contribution in [3.63, 3.8) is 0 Å². The number of sulfone groups is 1. The predicted octanol–water partition coefficient (Wildman–Crippen LogP) is 1.30. The number of urea groups is 1. The average molecular weight is 375 g/mol. The Hall–Kier alpha value is -1.41. The molecule has 21 heavy (non-hydrogen) atoms. The minimum Gasteiger partial charge on any atom is -0.326 e. The van der Waals surface area contributed by atoms with Crippen LogP contribution in [-0.2, 0) is 21.2 Å². The number of imide groups is 1. The first-order valence-corrected chi connectivity index (χ1v) is 9.15. The Morgan fingerprint density at radius 1 is 1.24 bits per heavy atom. The van der Waals surface area contributed by atoms with Gasteiger partial charge in [0.2, 0.25) is 0 Å². The number of nitrogens with one attached hydrogen (secondary N) is 1. The van der Waals surface area contributed by atoms with E-state index < -0.39 is 21.9 Å². The van der Waals surface area contributed by atoms with Crippen LogP contribution in [0, 0.1) is 0 Å². The fourth-order valence-corrected chi connectivity index (χ4v) is 2.95. The molecule has 1 atom stereocenters. The summed E-state index contributed by atoms with van der Waals surface area (Å²) >= 11 is 3.31. The molecular formula is C13H15BrN2O4S. The number of nitrogens with zero attached hydrogens (tertiary/aromatic N) is 1. The van der Waals surface area contributed by atoms with Gasteiger partial charge in [-0.1, -0.05) is 28.1 Å². The second kappa shape index (κ2) is 6.15. The van der Waals surface area contributed by atoms with Gasteiger partial charge in [-0.3, -0.25) is 9.69 Å². The first-order valence-electron chi connectivity index (χ1n) is 6.30. The van der Waals surface area contributed by atoms with E-state index in [0.717, 1.165) is 21.2 Å². The second-order valence-corrected chi connectivity index (χ2v) is 8.15. The van der Waals surface area contributed by atoms with Crippen molar-refractivity contribution in [2.24, 2.45) is 0 Å². The molecule has 2 rings (SSSR count). The zero-order chi connectivity index (χ0) is 15.6. The Kier molecular flexibility index (Phi) is 4.67. The molecule has 1 aromatic carbocycles. The Morgan fingerprint density at radius 2 is 1.86 bits per heavy atom. The smallest absolute Gasteiger partial charge is 0.325 e. The third-order valence-electron chi connectivity index (χ3n) is 3.14. The molecular weight excluding hydrogens is 360 g/mol. The van der Waals surface area contributed by atoms with Crippen molar-refractivity contribution in [2.45, 2.75) is 19.0 Å². The van der Waals surface area contributed by atoms with Crippen LogP contribution in [-0.4, -0.2) is 43.3 Å². The minimum absolute atomic E-state index is 0.0975. The van der Waals surface area contributed by atoms with Gasteiger partial charge in [0.25, 0.3) is 5.91 Å². The van der Waals surface area contributed by atoms with Crippen LogP contribution in [0.3, 0.4) is 0 Å². The maximum Gasteiger partial charge on any atom is 0.325 e. The summed E-state index contributed by atoms with van der Waals surface area (Å²) in [6.45, 7) is 0.174. The van der Waals surface area contributed by atoms with E-state index in [1.807, 2.05) is 24.3 Å². The van der Waals surface area contributed by atoms with Gasteiger partial charge in [-0.2, -0.15) is 0 Å². The van der Waals surface area contributed by atoms with Gasteiger partial charge in [-0.15, -0.1) is 0 Å². The molecule has 0 spiro atoms. The average Bonchev–Trinajstić information content (AvgIpc) is 2.66. The number of hydrogen-bond acceptors (Lipinski definition) is 4. The Labute approximate surface area is 131 Å². The second-order valence-electron chi connectivity index (χ2n) is 4.97. The standard InChI is InChI=1S/C13H15BrN2O4S/c1-21(19,20)7-6-11-12(17)16(13(18)15-11)8-9-2-4-10(14)5-3-9/h2-5,11H,6-8H2,1H3,(H,15,18)/t11-/m1/s1. The maximum absolute atomic E-state index is 12.1. The van der Waals surface area contributed by atoms with Crippen LogP contribution in [0.15, 0.2) is 28.7 Å². The predicted molar refractivity (Wildman–Crippen MR) is 81.3 cm³/mol. The van der Waals surface area contributed by atoms with Crippen LogP contribution in [0.5, 0.6) is 0 Å². The van der Waals surface area contributed by atoms with Crippen molar-refractivity contribution in [2.75, 3.05) is 12.0 Å². The van der Waals surface area contributed by atoms with Gasteiger partial charge in [0.05, 0.1) is 12.3 Å². The van der Waals surface area contributed by atoms with Crippen molar-refractivity contribution in [1.82, 2.24) is 10.2 Å². The van der Waals surface area contributed by atoms with Gasteiger partial charge in [0.1, 0.15) is 15.9 Å². The summed E-state index contributed by atoms with van der Waals surface area (Å²) in [5.41, 5.74) is 0.825. The number of benzene rings is 1. The highest BCUT2D eigenvalue weighted by Crippen LogP contribution is 2.16. The maximum atomic E-state index is 12.1. The van der Waals surface area contributed by atoms with Crippen LogP contribution < -0.4 is 5.32 Å². The fraction of sp³-hybridized carbons (Fsp3) is 0.385. The van der Waals surface area contributed by atoms with Crippen LogP contribution >= 0.6 is 15.9 Å². The third-order valence-corrected chi connectivity index (χ3v) is 4.64. The van der Waals surface area contributed by atoms with Crippen LogP contribution in [0.2, 0.25) is 0 Å².